The zero-order chi connectivity index (χ0) is 9.80. The third-order valence-corrected chi connectivity index (χ3v) is 2.32. The van der Waals surface area contributed by atoms with Gasteiger partial charge in [-0.1, -0.05) is 34.6 Å². The summed E-state index contributed by atoms with van der Waals surface area (Å²) >= 11 is 1.23. The van der Waals surface area contributed by atoms with Crippen LogP contribution >= 0.6 is 11.3 Å². The van der Waals surface area contributed by atoms with Crippen LogP contribution in [0.15, 0.2) is 30.3 Å². The number of benzene rings is 1. The minimum Gasteiger partial charge on any atom is -0.430 e. The molecule has 1 aromatic heterocycles. The van der Waals surface area contributed by atoms with Gasteiger partial charge >= 0.3 is 0 Å². The molecular weight excluding hydrogens is 200 g/mol. The molecule has 1 N–H and O–H groups in total. The van der Waals surface area contributed by atoms with Crippen LogP contribution in [0.5, 0.6) is 10.9 Å². The summed E-state index contributed by atoms with van der Waals surface area (Å²) in [5.74, 6) is 0.716. The molecule has 0 aliphatic carbocycles. The standard InChI is InChI=1S/C9H8N2O2S/c12-6-8-10-11-9(14-8)13-7-4-2-1-3-5-7/h1-5,12H,6H2. The maximum atomic E-state index is 8.77. The molecule has 14 heavy (non-hydrogen) atoms. The number of aromatic nitrogens is 2. The Bertz CT molecular complexity index is 402. The Kier molecular flexibility index (Phi) is 2.71. The Morgan fingerprint density at radius 2 is 2.00 bits per heavy atom. The van der Waals surface area contributed by atoms with Crippen LogP contribution in [0.3, 0.4) is 0 Å². The molecule has 0 spiro atoms. The Morgan fingerprint density at radius 1 is 1.21 bits per heavy atom. The molecule has 5 heteroatoms. The largest absolute Gasteiger partial charge is 0.430 e. The van der Waals surface area contributed by atoms with E-state index in [0.29, 0.717) is 16.0 Å². The molecule has 0 atom stereocenters. The van der Waals surface area contributed by atoms with Crippen molar-refractivity contribution in [2.45, 2.75) is 6.61 Å². The van der Waals surface area contributed by atoms with Gasteiger partial charge in [-0.05, 0) is 12.1 Å². The van der Waals surface area contributed by atoms with Gasteiger partial charge in [-0.2, -0.15) is 0 Å². The number of nitrogens with zero attached hydrogens (tertiary/aromatic N) is 2. The highest BCUT2D eigenvalue weighted by Gasteiger charge is 2.04. The van der Waals surface area contributed by atoms with E-state index < -0.39 is 0 Å². The Labute approximate surface area is 84.8 Å². The monoisotopic (exact) mass is 208 g/mol. The van der Waals surface area contributed by atoms with Gasteiger partial charge in [0.15, 0.2) is 0 Å². The van der Waals surface area contributed by atoms with Gasteiger partial charge in [-0.25, -0.2) is 0 Å². The van der Waals surface area contributed by atoms with Gasteiger partial charge in [-0.15, -0.1) is 5.10 Å². The van der Waals surface area contributed by atoms with Gasteiger partial charge < -0.3 is 9.84 Å². The van der Waals surface area contributed by atoms with Crippen LogP contribution < -0.4 is 4.74 Å². The number of ether oxygens (including phenoxy) is 1. The van der Waals surface area contributed by atoms with E-state index in [4.69, 9.17) is 9.84 Å². The molecule has 1 aromatic carbocycles. The second kappa shape index (κ2) is 4.17. The number of hydrogen-bond donors (Lipinski definition) is 1. The highest BCUT2D eigenvalue weighted by molar-refractivity contribution is 7.13. The summed E-state index contributed by atoms with van der Waals surface area (Å²) in [5.41, 5.74) is 0. The average Bonchev–Trinajstić information content (AvgIpc) is 2.67. The van der Waals surface area contributed by atoms with Crippen molar-refractivity contribution < 1.29 is 9.84 Å². The molecule has 2 aromatic rings. The minimum absolute atomic E-state index is 0.101. The van der Waals surface area contributed by atoms with Gasteiger partial charge in [-0.3, -0.25) is 0 Å². The first kappa shape index (κ1) is 9.11. The summed E-state index contributed by atoms with van der Waals surface area (Å²) in [5, 5.41) is 17.3. The first-order chi connectivity index (χ1) is 6.88. The summed E-state index contributed by atoms with van der Waals surface area (Å²) < 4.78 is 5.39. The SMILES string of the molecule is OCc1nnc(Oc2ccccc2)s1. The third-order valence-electron chi connectivity index (χ3n) is 1.53. The van der Waals surface area contributed by atoms with E-state index >= 15 is 0 Å². The maximum absolute atomic E-state index is 8.77. The lowest BCUT2D eigenvalue weighted by Gasteiger charge is -1.98. The maximum Gasteiger partial charge on any atom is 0.299 e. The topological polar surface area (TPSA) is 55.2 Å². The van der Waals surface area contributed by atoms with Crippen molar-refractivity contribution >= 4 is 11.3 Å². The van der Waals surface area contributed by atoms with Gasteiger partial charge in [0.05, 0.1) is 6.61 Å². The van der Waals surface area contributed by atoms with E-state index in [-0.39, 0.29) is 6.61 Å². The molecule has 0 saturated heterocycles. The zero-order valence-electron chi connectivity index (χ0n) is 7.25. The number of aliphatic hydroxyl groups excluding tert-OH is 1. The minimum atomic E-state index is -0.101. The molecule has 72 valence electrons. The second-order valence-electron chi connectivity index (χ2n) is 2.53. The lowest BCUT2D eigenvalue weighted by molar-refractivity contribution is 0.280. The lowest BCUT2D eigenvalue weighted by atomic mass is 10.3. The molecule has 0 saturated carbocycles. The summed E-state index contributed by atoms with van der Waals surface area (Å²) in [6.45, 7) is -0.101. The molecule has 0 amide bonds. The van der Waals surface area contributed by atoms with Gasteiger partial charge in [0.2, 0.25) is 0 Å². The molecule has 0 fully saturated rings. The van der Waals surface area contributed by atoms with Crippen LogP contribution in [-0.4, -0.2) is 15.3 Å². The van der Waals surface area contributed by atoms with Crippen LogP contribution in [0.4, 0.5) is 0 Å². The Balaban J connectivity index is 2.11. The van der Waals surface area contributed by atoms with Crippen molar-refractivity contribution in [2.24, 2.45) is 0 Å². The second-order valence-corrected chi connectivity index (χ2v) is 3.56. The zero-order valence-corrected chi connectivity index (χ0v) is 8.07. The van der Waals surface area contributed by atoms with E-state index in [2.05, 4.69) is 10.2 Å². The fourth-order valence-electron chi connectivity index (χ4n) is 0.933. The third kappa shape index (κ3) is 2.07. The van der Waals surface area contributed by atoms with Crippen molar-refractivity contribution in [3.8, 4) is 10.9 Å². The van der Waals surface area contributed by atoms with Crippen LogP contribution in [0.1, 0.15) is 5.01 Å². The van der Waals surface area contributed by atoms with Crippen LogP contribution in [-0.2, 0) is 6.61 Å². The molecule has 1 heterocycles. The Hall–Kier alpha value is -1.46. The molecule has 0 unspecified atom stereocenters. The van der Waals surface area contributed by atoms with Crippen LogP contribution in [0.2, 0.25) is 0 Å². The summed E-state index contributed by atoms with van der Waals surface area (Å²) in [6, 6.07) is 9.33. The molecule has 0 radical (unpaired) electrons. The van der Waals surface area contributed by atoms with Crippen LogP contribution in [0.25, 0.3) is 0 Å². The number of hydrogen-bond acceptors (Lipinski definition) is 5. The highest BCUT2D eigenvalue weighted by atomic mass is 32.1. The number of rotatable bonds is 3. The average molecular weight is 208 g/mol. The predicted octanol–water partition coefficient (Wildman–Crippen LogP) is 1.82. The molecule has 4 nitrogen and oxygen atoms in total. The Morgan fingerprint density at radius 3 is 2.64 bits per heavy atom. The summed E-state index contributed by atoms with van der Waals surface area (Å²) in [4.78, 5) is 0. The fraction of sp³-hybridized carbons (Fsp3) is 0.111. The summed E-state index contributed by atoms with van der Waals surface area (Å²) in [6.07, 6.45) is 0. The molecule has 0 aliphatic rings. The predicted molar refractivity (Wildman–Crippen MR) is 52.3 cm³/mol. The first-order valence-electron chi connectivity index (χ1n) is 4.04. The van der Waals surface area contributed by atoms with Gasteiger partial charge in [0.1, 0.15) is 10.8 Å². The van der Waals surface area contributed by atoms with E-state index in [1.54, 1.807) is 0 Å². The molecular formula is C9H8N2O2S. The lowest BCUT2D eigenvalue weighted by Crippen LogP contribution is -1.82. The fourth-order valence-corrected chi connectivity index (χ4v) is 1.50. The van der Waals surface area contributed by atoms with E-state index in [1.165, 1.54) is 11.3 Å². The van der Waals surface area contributed by atoms with Crippen LogP contribution in [0, 0.1) is 0 Å². The number of para-hydroxylation sites is 1. The summed E-state index contributed by atoms with van der Waals surface area (Å²) in [7, 11) is 0. The van der Waals surface area contributed by atoms with Crippen molar-refractivity contribution in [1.82, 2.24) is 10.2 Å². The highest BCUT2D eigenvalue weighted by Crippen LogP contribution is 2.24. The smallest absolute Gasteiger partial charge is 0.299 e. The molecule has 0 aliphatic heterocycles. The van der Waals surface area contributed by atoms with E-state index in [9.17, 15) is 0 Å². The van der Waals surface area contributed by atoms with Gasteiger partial charge in [0.25, 0.3) is 5.19 Å². The quantitative estimate of drug-likeness (QED) is 0.836. The number of aliphatic hydroxyl groups is 1. The normalized spacial score (nSPS) is 10.1. The van der Waals surface area contributed by atoms with Crippen molar-refractivity contribution in [3.05, 3.63) is 35.3 Å². The first-order valence-corrected chi connectivity index (χ1v) is 4.86. The molecule has 0 bridgehead atoms. The van der Waals surface area contributed by atoms with Crippen molar-refractivity contribution in [2.75, 3.05) is 0 Å². The van der Waals surface area contributed by atoms with Crippen molar-refractivity contribution in [1.29, 1.82) is 0 Å². The van der Waals surface area contributed by atoms with Crippen molar-refractivity contribution in [3.63, 3.8) is 0 Å². The van der Waals surface area contributed by atoms with E-state index in [1.807, 2.05) is 30.3 Å². The molecule has 2 rings (SSSR count). The van der Waals surface area contributed by atoms with E-state index in [0.717, 1.165) is 0 Å². The van der Waals surface area contributed by atoms with Gasteiger partial charge in [0, 0.05) is 0 Å².